The molecule has 0 aliphatic heterocycles. The topological polar surface area (TPSA) is 113 Å². The van der Waals surface area contributed by atoms with E-state index in [9.17, 15) is 15.0 Å². The van der Waals surface area contributed by atoms with E-state index in [0.29, 0.717) is 6.54 Å². The normalized spacial score (nSPS) is 21.5. The number of hydrogen-bond acceptors (Lipinski definition) is 5. The van der Waals surface area contributed by atoms with Crippen LogP contribution in [0.2, 0.25) is 0 Å². The van der Waals surface area contributed by atoms with Crippen LogP contribution < -0.4 is 11.1 Å². The van der Waals surface area contributed by atoms with Crippen molar-refractivity contribution in [2.75, 3.05) is 6.54 Å². The number of aromatic nitrogens is 2. The van der Waals surface area contributed by atoms with Crippen molar-refractivity contribution in [2.45, 2.75) is 38.3 Å². The molecular formula is C31H33BrN4O3. The lowest BCUT2D eigenvalue weighted by atomic mass is 9.89. The molecule has 8 heteroatoms. The average molecular weight is 590 g/mol. The molecule has 7 nitrogen and oxygen atoms in total. The minimum Gasteiger partial charge on any atom is -0.508 e. The highest BCUT2D eigenvalue weighted by Crippen LogP contribution is 2.33. The molecule has 0 saturated heterocycles. The number of carbonyl (C=O) groups excluding carboxylic acids is 1. The molecule has 2 aliphatic carbocycles. The van der Waals surface area contributed by atoms with Crippen LogP contribution in [0.15, 0.2) is 94.9 Å². The summed E-state index contributed by atoms with van der Waals surface area (Å²) in [6.45, 7) is 2.55. The number of pyridine rings is 1. The van der Waals surface area contributed by atoms with E-state index in [0.717, 1.165) is 39.7 Å². The third kappa shape index (κ3) is 6.24. The molecule has 2 heterocycles. The van der Waals surface area contributed by atoms with E-state index in [1.54, 1.807) is 6.08 Å². The Bertz CT molecular complexity index is 1500. The van der Waals surface area contributed by atoms with E-state index in [-0.39, 0.29) is 36.0 Å². The van der Waals surface area contributed by atoms with Crippen molar-refractivity contribution >= 4 is 27.4 Å². The molecule has 2 unspecified atom stereocenters. The van der Waals surface area contributed by atoms with Gasteiger partial charge in [-0.1, -0.05) is 48.6 Å². The number of nitrogens with zero attached hydrogens (tertiary/aromatic N) is 2. The number of allylic oxidation sites excluding steroid dienone is 3. The molecule has 0 saturated carbocycles. The Morgan fingerprint density at radius 1 is 1.26 bits per heavy atom. The van der Waals surface area contributed by atoms with Gasteiger partial charge < -0.3 is 21.3 Å². The first-order valence-corrected chi connectivity index (χ1v) is 14.0. The van der Waals surface area contributed by atoms with Gasteiger partial charge in [0.25, 0.3) is 0 Å². The van der Waals surface area contributed by atoms with Gasteiger partial charge in [-0.05, 0) is 88.2 Å². The number of hydrogen-bond donors (Lipinski definition) is 4. The van der Waals surface area contributed by atoms with Gasteiger partial charge in [0.1, 0.15) is 5.76 Å². The van der Waals surface area contributed by atoms with Crippen LogP contribution in [0.5, 0.6) is 0 Å². The minimum absolute atomic E-state index is 0.0202. The molecule has 2 aromatic heterocycles. The number of fused-ring (bicyclic) bond motifs is 1. The zero-order chi connectivity index (χ0) is 27.5. The summed E-state index contributed by atoms with van der Waals surface area (Å²) in [6, 6.07) is 12.4. The highest BCUT2D eigenvalue weighted by molar-refractivity contribution is 9.10. The van der Waals surface area contributed by atoms with Crippen LogP contribution in [0, 0.1) is 18.8 Å². The Morgan fingerprint density at radius 2 is 2.08 bits per heavy atom. The highest BCUT2D eigenvalue weighted by atomic mass is 79.9. The minimum atomic E-state index is -0.860. The number of aryl methyl sites for hydroxylation is 1. The first kappa shape index (κ1) is 27.1. The van der Waals surface area contributed by atoms with Gasteiger partial charge in [-0.15, -0.1) is 0 Å². The van der Waals surface area contributed by atoms with Crippen molar-refractivity contribution in [3.8, 4) is 11.1 Å². The average Bonchev–Trinajstić information content (AvgIpc) is 3.30. The van der Waals surface area contributed by atoms with Gasteiger partial charge in [0.05, 0.1) is 28.0 Å². The Morgan fingerprint density at radius 3 is 2.82 bits per heavy atom. The van der Waals surface area contributed by atoms with Crippen LogP contribution in [-0.4, -0.2) is 38.4 Å². The maximum atomic E-state index is 12.4. The number of rotatable bonds is 8. The number of aliphatic hydroxyl groups excluding tert-OH is 2. The van der Waals surface area contributed by atoms with Crippen LogP contribution in [0.25, 0.3) is 16.6 Å². The fourth-order valence-corrected chi connectivity index (χ4v) is 5.60. The number of nitrogens with one attached hydrogen (secondary N) is 1. The second kappa shape index (κ2) is 11.7. The maximum absolute atomic E-state index is 12.4. The van der Waals surface area contributed by atoms with E-state index < -0.39 is 6.10 Å². The smallest absolute Gasteiger partial charge is 0.220 e. The summed E-state index contributed by atoms with van der Waals surface area (Å²) < 4.78 is 2.86. The monoisotopic (exact) mass is 588 g/mol. The van der Waals surface area contributed by atoms with Gasteiger partial charge in [-0.2, -0.15) is 5.10 Å². The predicted molar refractivity (Wildman–Crippen MR) is 157 cm³/mol. The molecule has 5 N–H and O–H groups in total. The number of halogens is 1. The third-order valence-corrected chi connectivity index (χ3v) is 8.07. The van der Waals surface area contributed by atoms with E-state index in [1.807, 2.05) is 16.8 Å². The summed E-state index contributed by atoms with van der Waals surface area (Å²) in [4.78, 5) is 12.4. The van der Waals surface area contributed by atoms with E-state index in [1.165, 1.54) is 23.3 Å². The summed E-state index contributed by atoms with van der Waals surface area (Å²) in [5.74, 6) is -0.182. The lowest BCUT2D eigenvalue weighted by Crippen LogP contribution is -2.31. The summed E-state index contributed by atoms with van der Waals surface area (Å²) in [6.07, 6.45) is 13.6. The van der Waals surface area contributed by atoms with Crippen molar-refractivity contribution in [1.29, 1.82) is 0 Å². The van der Waals surface area contributed by atoms with Gasteiger partial charge >= 0.3 is 0 Å². The van der Waals surface area contributed by atoms with Crippen LogP contribution in [0.1, 0.15) is 36.6 Å². The molecule has 1 aromatic carbocycles. The van der Waals surface area contributed by atoms with Crippen molar-refractivity contribution in [3.05, 3.63) is 106 Å². The molecule has 39 heavy (non-hydrogen) atoms. The molecule has 202 valence electrons. The summed E-state index contributed by atoms with van der Waals surface area (Å²) in [5, 5.41) is 27.0. The van der Waals surface area contributed by atoms with Crippen molar-refractivity contribution < 1.29 is 15.0 Å². The first-order chi connectivity index (χ1) is 18.8. The van der Waals surface area contributed by atoms with Crippen molar-refractivity contribution in [1.82, 2.24) is 14.9 Å². The zero-order valence-corrected chi connectivity index (χ0v) is 23.4. The van der Waals surface area contributed by atoms with Gasteiger partial charge in [-0.25, -0.2) is 4.52 Å². The summed E-state index contributed by atoms with van der Waals surface area (Å²) in [5.41, 5.74) is 13.3. The lowest BCUT2D eigenvalue weighted by Gasteiger charge is -2.22. The molecule has 5 rings (SSSR count). The molecule has 4 atom stereocenters. The van der Waals surface area contributed by atoms with Crippen LogP contribution >= 0.6 is 15.9 Å². The molecule has 2 aliphatic rings. The van der Waals surface area contributed by atoms with E-state index in [4.69, 9.17) is 5.73 Å². The molecule has 3 aromatic rings. The van der Waals surface area contributed by atoms with E-state index >= 15 is 0 Å². The lowest BCUT2D eigenvalue weighted by molar-refractivity contribution is -0.122. The second-order valence-electron chi connectivity index (χ2n) is 10.3. The summed E-state index contributed by atoms with van der Waals surface area (Å²) >= 11 is 3.64. The standard InChI is InChI=1S/C31H33BrN4O3/c1-19-4-2-3-5-25(19)23-13-28-26(32)18-35-36(28)29(14-23)27(33)12-20-6-8-21(9-7-20)17-34-31(39)15-22-10-11-24(37)16-30(22)38/h2-6,8-11,13-14,16,18,20,22,27,30,37-38H,7,12,15,17,33H2,1H3,(H,34,39)/t20?,22-,27-,30?/m1/s1. The van der Waals surface area contributed by atoms with Gasteiger partial charge in [0, 0.05) is 24.9 Å². The Labute approximate surface area is 236 Å². The van der Waals surface area contributed by atoms with Crippen LogP contribution in [0.4, 0.5) is 0 Å². The number of benzene rings is 1. The highest BCUT2D eigenvalue weighted by Gasteiger charge is 2.22. The quantitative estimate of drug-likeness (QED) is 0.279. The largest absolute Gasteiger partial charge is 0.508 e. The van der Waals surface area contributed by atoms with Crippen LogP contribution in [-0.2, 0) is 4.79 Å². The second-order valence-corrected chi connectivity index (χ2v) is 11.2. The van der Waals surface area contributed by atoms with E-state index in [2.05, 4.69) is 81.8 Å². The number of carbonyl (C=O) groups is 1. The number of nitrogens with two attached hydrogens (primary N) is 1. The maximum Gasteiger partial charge on any atom is 0.220 e. The van der Waals surface area contributed by atoms with Crippen molar-refractivity contribution in [2.24, 2.45) is 17.6 Å². The molecule has 0 fully saturated rings. The molecule has 0 bridgehead atoms. The van der Waals surface area contributed by atoms with Gasteiger partial charge in [0.15, 0.2) is 0 Å². The fourth-order valence-electron chi connectivity index (χ4n) is 5.23. The van der Waals surface area contributed by atoms with Crippen LogP contribution in [0.3, 0.4) is 0 Å². The van der Waals surface area contributed by atoms with Crippen molar-refractivity contribution in [3.63, 3.8) is 0 Å². The summed E-state index contributed by atoms with van der Waals surface area (Å²) in [7, 11) is 0. The zero-order valence-electron chi connectivity index (χ0n) is 21.8. The SMILES string of the molecule is Cc1ccccc1-c1cc([C@H](N)CC2C=CC(CNC(=O)C[C@H]3C=CC(O)=CC3O)=CC2)n2ncc(Br)c2c1. The Kier molecular flexibility index (Phi) is 8.16. The molecule has 0 spiro atoms. The molecule has 1 amide bonds. The molecule has 0 radical (unpaired) electrons. The van der Waals surface area contributed by atoms with Gasteiger partial charge in [-0.3, -0.25) is 4.79 Å². The number of aliphatic hydroxyl groups is 2. The predicted octanol–water partition coefficient (Wildman–Crippen LogP) is 5.46. The molecular weight excluding hydrogens is 556 g/mol. The third-order valence-electron chi connectivity index (χ3n) is 7.46. The number of amides is 1. The fraction of sp³-hybridized carbons (Fsp3) is 0.290. The Balaban J connectivity index is 1.21. The first-order valence-electron chi connectivity index (χ1n) is 13.2. The van der Waals surface area contributed by atoms with Gasteiger partial charge in [0.2, 0.25) is 5.91 Å². The Hall–Kier alpha value is -3.46.